The second-order valence-corrected chi connectivity index (χ2v) is 5.86. The van der Waals surface area contributed by atoms with E-state index in [1.54, 1.807) is 0 Å². The Morgan fingerprint density at radius 2 is 1.80 bits per heavy atom. The highest BCUT2D eigenvalue weighted by Gasteiger charge is 2.38. The number of aliphatic hydroxyl groups is 3. The van der Waals surface area contributed by atoms with Crippen LogP contribution in [0.5, 0.6) is 0 Å². The van der Waals surface area contributed by atoms with Crippen LogP contribution in [0, 0.1) is 17.8 Å². The minimum Gasteiger partial charge on any atom is -0.394 e. The van der Waals surface area contributed by atoms with Gasteiger partial charge in [-0.3, -0.25) is 0 Å². The maximum absolute atomic E-state index is 10.2. The van der Waals surface area contributed by atoms with E-state index in [1.165, 1.54) is 0 Å². The van der Waals surface area contributed by atoms with Crippen LogP contribution in [-0.4, -0.2) is 34.1 Å². The van der Waals surface area contributed by atoms with E-state index in [0.717, 1.165) is 18.4 Å². The summed E-state index contributed by atoms with van der Waals surface area (Å²) < 4.78 is 0. The van der Waals surface area contributed by atoms with Crippen molar-refractivity contribution in [1.82, 2.24) is 0 Å². The van der Waals surface area contributed by atoms with Gasteiger partial charge in [-0.15, -0.1) is 0 Å². The van der Waals surface area contributed by atoms with Gasteiger partial charge >= 0.3 is 0 Å². The zero-order valence-corrected chi connectivity index (χ0v) is 11.9. The van der Waals surface area contributed by atoms with Crippen LogP contribution in [0.25, 0.3) is 6.08 Å². The average Bonchev–Trinajstić information content (AvgIpc) is 2.43. The zero-order chi connectivity index (χ0) is 14.5. The van der Waals surface area contributed by atoms with Gasteiger partial charge < -0.3 is 15.3 Å². The summed E-state index contributed by atoms with van der Waals surface area (Å²) in [5.41, 5.74) is 1.08. The fourth-order valence-electron chi connectivity index (χ4n) is 2.83. The fraction of sp³-hybridized carbons (Fsp3) is 0.529. The molecule has 1 aromatic carbocycles. The van der Waals surface area contributed by atoms with Gasteiger partial charge in [0.1, 0.15) is 0 Å². The minimum atomic E-state index is -0.601. The predicted molar refractivity (Wildman–Crippen MR) is 80.0 cm³/mol. The molecule has 1 fully saturated rings. The Kier molecular flexibility index (Phi) is 5.35. The van der Waals surface area contributed by atoms with Crippen molar-refractivity contribution >= 4 is 6.08 Å². The van der Waals surface area contributed by atoms with Crippen LogP contribution in [-0.2, 0) is 0 Å². The van der Waals surface area contributed by atoms with Gasteiger partial charge in [-0.2, -0.15) is 0 Å². The molecular weight excluding hydrogens is 252 g/mol. The first kappa shape index (κ1) is 15.2. The highest BCUT2D eigenvalue weighted by Crippen LogP contribution is 2.42. The second-order valence-electron chi connectivity index (χ2n) is 5.86. The zero-order valence-electron chi connectivity index (χ0n) is 11.9. The number of hydrogen-bond donors (Lipinski definition) is 3. The van der Waals surface area contributed by atoms with Crippen LogP contribution in [0.4, 0.5) is 0 Å². The molecule has 2 unspecified atom stereocenters. The Morgan fingerprint density at radius 3 is 2.40 bits per heavy atom. The molecule has 0 amide bonds. The monoisotopic (exact) mass is 276 g/mol. The van der Waals surface area contributed by atoms with E-state index in [2.05, 4.69) is 0 Å². The van der Waals surface area contributed by atoms with Gasteiger partial charge in [-0.05, 0) is 36.2 Å². The highest BCUT2D eigenvalue weighted by atomic mass is 16.3. The normalized spacial score (nSPS) is 27.0. The molecule has 1 saturated carbocycles. The minimum absolute atomic E-state index is 0.164. The van der Waals surface area contributed by atoms with Gasteiger partial charge in [0.25, 0.3) is 0 Å². The van der Waals surface area contributed by atoms with Crippen molar-refractivity contribution < 1.29 is 15.3 Å². The molecule has 1 aromatic rings. The molecule has 2 rings (SSSR count). The van der Waals surface area contributed by atoms with E-state index in [9.17, 15) is 10.2 Å². The van der Waals surface area contributed by atoms with Gasteiger partial charge in [-0.25, -0.2) is 0 Å². The molecule has 3 heteroatoms. The Labute approximate surface area is 120 Å². The lowest BCUT2D eigenvalue weighted by Crippen LogP contribution is -2.40. The SMILES string of the molecule is CC(C1CC(C(O)CO)C1)[C@@H](O)/C=C/c1ccccc1. The Hall–Kier alpha value is -1.16. The van der Waals surface area contributed by atoms with Gasteiger partial charge in [0.15, 0.2) is 0 Å². The van der Waals surface area contributed by atoms with Crippen LogP contribution in [0.3, 0.4) is 0 Å². The lowest BCUT2D eigenvalue weighted by molar-refractivity contribution is -0.0356. The summed E-state index contributed by atoms with van der Waals surface area (Å²) in [5, 5.41) is 28.6. The maximum Gasteiger partial charge on any atom is 0.0799 e. The van der Waals surface area contributed by atoms with Gasteiger partial charge in [0, 0.05) is 0 Å². The van der Waals surface area contributed by atoms with Crippen LogP contribution in [0.2, 0.25) is 0 Å². The molecule has 0 heterocycles. The van der Waals surface area contributed by atoms with Crippen molar-refractivity contribution in [3.63, 3.8) is 0 Å². The smallest absolute Gasteiger partial charge is 0.0799 e. The van der Waals surface area contributed by atoms with E-state index < -0.39 is 12.2 Å². The predicted octanol–water partition coefficient (Wildman–Crippen LogP) is 2.08. The van der Waals surface area contributed by atoms with E-state index in [1.807, 2.05) is 49.4 Å². The highest BCUT2D eigenvalue weighted by molar-refractivity contribution is 5.49. The van der Waals surface area contributed by atoms with Crippen LogP contribution in [0.15, 0.2) is 36.4 Å². The molecule has 0 aliphatic heterocycles. The number of hydrogen-bond acceptors (Lipinski definition) is 3. The third-order valence-electron chi connectivity index (χ3n) is 4.51. The summed E-state index contributed by atoms with van der Waals surface area (Å²) in [5.74, 6) is 0.798. The maximum atomic E-state index is 10.2. The summed E-state index contributed by atoms with van der Waals surface area (Å²) in [6.45, 7) is 1.88. The standard InChI is InChI=1S/C17H24O3/c1-12(14-9-15(10-14)17(20)11-18)16(19)8-7-13-5-3-2-4-6-13/h2-8,12,14-20H,9-11H2,1H3/b8-7+/t12?,14?,15?,16-,17?/m0/s1. The van der Waals surface area contributed by atoms with E-state index in [-0.39, 0.29) is 18.4 Å². The van der Waals surface area contributed by atoms with Crippen molar-refractivity contribution in [3.05, 3.63) is 42.0 Å². The molecule has 3 atom stereocenters. The first-order valence-corrected chi connectivity index (χ1v) is 7.32. The number of benzene rings is 1. The molecule has 0 spiro atoms. The molecule has 0 bridgehead atoms. The van der Waals surface area contributed by atoms with Gasteiger partial charge in [-0.1, -0.05) is 49.4 Å². The van der Waals surface area contributed by atoms with Gasteiger partial charge in [0.2, 0.25) is 0 Å². The van der Waals surface area contributed by atoms with Crippen LogP contribution < -0.4 is 0 Å². The first-order chi connectivity index (χ1) is 9.61. The first-order valence-electron chi connectivity index (χ1n) is 7.32. The molecule has 20 heavy (non-hydrogen) atoms. The molecule has 0 saturated heterocycles. The van der Waals surface area contributed by atoms with E-state index in [4.69, 9.17) is 5.11 Å². The average molecular weight is 276 g/mol. The van der Waals surface area contributed by atoms with Crippen molar-refractivity contribution in [2.75, 3.05) is 6.61 Å². The Morgan fingerprint density at radius 1 is 1.15 bits per heavy atom. The molecule has 0 aromatic heterocycles. The largest absolute Gasteiger partial charge is 0.394 e. The number of rotatable bonds is 6. The third kappa shape index (κ3) is 3.69. The van der Waals surface area contributed by atoms with E-state index in [0.29, 0.717) is 5.92 Å². The van der Waals surface area contributed by atoms with Crippen LogP contribution >= 0.6 is 0 Å². The Balaban J connectivity index is 1.82. The molecular formula is C17H24O3. The molecule has 110 valence electrons. The quantitative estimate of drug-likeness (QED) is 0.745. The number of aliphatic hydroxyl groups excluding tert-OH is 3. The van der Waals surface area contributed by atoms with Crippen molar-refractivity contribution in [2.45, 2.75) is 32.0 Å². The summed E-state index contributed by atoms with van der Waals surface area (Å²) >= 11 is 0. The molecule has 3 nitrogen and oxygen atoms in total. The van der Waals surface area contributed by atoms with Crippen molar-refractivity contribution in [3.8, 4) is 0 Å². The fourth-order valence-corrected chi connectivity index (χ4v) is 2.83. The summed E-state index contributed by atoms with van der Waals surface area (Å²) in [6.07, 6.45) is 4.50. The van der Waals surface area contributed by atoms with E-state index >= 15 is 0 Å². The summed E-state index contributed by atoms with van der Waals surface area (Å²) in [6, 6.07) is 9.93. The summed E-state index contributed by atoms with van der Waals surface area (Å²) in [4.78, 5) is 0. The lowest BCUT2D eigenvalue weighted by Gasteiger charge is -2.42. The van der Waals surface area contributed by atoms with Crippen molar-refractivity contribution in [2.24, 2.45) is 17.8 Å². The third-order valence-corrected chi connectivity index (χ3v) is 4.51. The molecule has 1 aliphatic carbocycles. The molecule has 1 aliphatic rings. The summed E-state index contributed by atoms with van der Waals surface area (Å²) in [7, 11) is 0. The van der Waals surface area contributed by atoms with Crippen LogP contribution in [0.1, 0.15) is 25.3 Å². The molecule has 3 N–H and O–H groups in total. The topological polar surface area (TPSA) is 60.7 Å². The molecule has 0 radical (unpaired) electrons. The van der Waals surface area contributed by atoms with Gasteiger partial charge in [0.05, 0.1) is 18.8 Å². The lowest BCUT2D eigenvalue weighted by atomic mass is 9.65. The van der Waals surface area contributed by atoms with Crippen molar-refractivity contribution in [1.29, 1.82) is 0 Å². The second kappa shape index (κ2) is 7.02. The Bertz CT molecular complexity index is 423.